The summed E-state index contributed by atoms with van der Waals surface area (Å²) in [6, 6.07) is 6.77. The van der Waals surface area contributed by atoms with Crippen LogP contribution >= 0.6 is 0 Å². The molecule has 4 nitrogen and oxygen atoms in total. The average Bonchev–Trinajstić information content (AvgIpc) is 2.27. The molecular weight excluding hydrogens is 194 g/mol. The van der Waals surface area contributed by atoms with E-state index in [-0.39, 0.29) is 0 Å². The zero-order valence-corrected chi connectivity index (χ0v) is 8.81. The van der Waals surface area contributed by atoms with Crippen LogP contribution in [0.25, 0.3) is 0 Å². The molecule has 0 saturated carbocycles. The van der Waals surface area contributed by atoms with Crippen LogP contribution in [0.3, 0.4) is 0 Å². The normalized spacial score (nSPS) is 16.8. The summed E-state index contributed by atoms with van der Waals surface area (Å²) in [6.07, 6.45) is -0.221. The number of aliphatic hydroxyl groups excluding tert-OH is 1. The van der Waals surface area contributed by atoms with Crippen LogP contribution < -0.4 is 5.73 Å². The fourth-order valence-electron chi connectivity index (χ4n) is 1.46. The van der Waals surface area contributed by atoms with Crippen molar-refractivity contribution in [3.63, 3.8) is 0 Å². The number of carbonyl (C=O) groups excluding carboxylic acids is 1. The number of carbonyl (C=O) groups is 1. The zero-order chi connectivity index (χ0) is 11.5. The first-order valence-corrected chi connectivity index (χ1v) is 4.63. The fraction of sp³-hybridized carbons (Fsp3) is 0.364. The Labute approximate surface area is 88.7 Å². The van der Waals surface area contributed by atoms with Crippen molar-refractivity contribution < 1.29 is 14.6 Å². The minimum atomic E-state index is -1.35. The lowest BCUT2D eigenvalue weighted by Crippen LogP contribution is -2.48. The molecule has 3 N–H and O–H groups in total. The Bertz CT molecular complexity index is 351. The van der Waals surface area contributed by atoms with Crippen LogP contribution in [0.15, 0.2) is 24.3 Å². The van der Waals surface area contributed by atoms with E-state index in [1.807, 2.05) is 0 Å². The molecule has 0 radical (unpaired) electrons. The Balaban J connectivity index is 3.29. The third-order valence-corrected chi connectivity index (χ3v) is 2.47. The number of rotatable bonds is 4. The molecule has 0 aromatic heterocycles. The first-order chi connectivity index (χ1) is 7.06. The van der Waals surface area contributed by atoms with Crippen LogP contribution in [0.1, 0.15) is 22.8 Å². The van der Waals surface area contributed by atoms with Crippen molar-refractivity contribution in [2.24, 2.45) is 5.73 Å². The molecule has 0 aliphatic carbocycles. The maximum Gasteiger partial charge on any atom is 0.168 e. The molecule has 0 heterocycles. The van der Waals surface area contributed by atoms with Crippen LogP contribution in [-0.2, 0) is 10.5 Å². The third-order valence-electron chi connectivity index (χ3n) is 2.47. The molecule has 15 heavy (non-hydrogen) atoms. The standard InChI is InChI=1S/C11H15NO3/c1-8(14)11(12,15-2)10-6-4-3-5-9(10)7-13/h3-8,14H,12H2,1-2H3/t8-,11+/m0/s1. The van der Waals surface area contributed by atoms with Crippen LogP contribution in [0.5, 0.6) is 0 Å². The van der Waals surface area contributed by atoms with Crippen LogP contribution in [0, 0.1) is 0 Å². The Morgan fingerprint density at radius 2 is 2.13 bits per heavy atom. The van der Waals surface area contributed by atoms with E-state index in [0.29, 0.717) is 17.4 Å². The Kier molecular flexibility index (Phi) is 3.57. The summed E-state index contributed by atoms with van der Waals surface area (Å²) in [5, 5.41) is 9.58. The summed E-state index contributed by atoms with van der Waals surface area (Å²) in [4.78, 5) is 10.8. The van der Waals surface area contributed by atoms with Gasteiger partial charge in [0.15, 0.2) is 5.72 Å². The summed E-state index contributed by atoms with van der Waals surface area (Å²) in [5.41, 5.74) is 5.46. The number of aldehydes is 1. The summed E-state index contributed by atoms with van der Waals surface area (Å²) in [5.74, 6) is 0. The highest BCUT2D eigenvalue weighted by Gasteiger charge is 2.34. The average molecular weight is 209 g/mol. The van der Waals surface area contributed by atoms with Crippen molar-refractivity contribution in [3.8, 4) is 0 Å². The lowest BCUT2D eigenvalue weighted by Gasteiger charge is -2.32. The van der Waals surface area contributed by atoms with Crippen LogP contribution in [0.4, 0.5) is 0 Å². The first kappa shape index (κ1) is 11.8. The predicted octanol–water partition coefficient (Wildman–Crippen LogP) is 0.638. The Hall–Kier alpha value is -1.23. The van der Waals surface area contributed by atoms with Gasteiger partial charge in [0.05, 0.1) is 6.10 Å². The Morgan fingerprint density at radius 1 is 1.53 bits per heavy atom. The van der Waals surface area contributed by atoms with Crippen molar-refractivity contribution in [1.29, 1.82) is 0 Å². The number of aliphatic hydroxyl groups is 1. The molecule has 0 unspecified atom stereocenters. The van der Waals surface area contributed by atoms with Gasteiger partial charge in [-0.15, -0.1) is 0 Å². The monoisotopic (exact) mass is 209 g/mol. The number of ether oxygens (including phenoxy) is 1. The van der Waals surface area contributed by atoms with Crippen molar-refractivity contribution in [2.45, 2.75) is 18.8 Å². The highest BCUT2D eigenvalue weighted by atomic mass is 16.5. The van der Waals surface area contributed by atoms with E-state index in [1.165, 1.54) is 14.0 Å². The molecule has 0 saturated heterocycles. The lowest BCUT2D eigenvalue weighted by molar-refractivity contribution is -0.0972. The lowest BCUT2D eigenvalue weighted by atomic mass is 9.94. The molecule has 0 spiro atoms. The summed E-state index contributed by atoms with van der Waals surface area (Å²) in [7, 11) is 1.40. The van der Waals surface area contributed by atoms with E-state index in [2.05, 4.69) is 0 Å². The topological polar surface area (TPSA) is 72.5 Å². The number of nitrogens with two attached hydrogens (primary N) is 1. The van der Waals surface area contributed by atoms with Gasteiger partial charge in [0, 0.05) is 18.2 Å². The smallest absolute Gasteiger partial charge is 0.168 e. The van der Waals surface area contributed by atoms with Crippen molar-refractivity contribution in [1.82, 2.24) is 0 Å². The van der Waals surface area contributed by atoms with Gasteiger partial charge >= 0.3 is 0 Å². The molecule has 0 aliphatic heterocycles. The molecule has 1 aromatic carbocycles. The van der Waals surface area contributed by atoms with Gasteiger partial charge in [-0.25, -0.2) is 0 Å². The van der Waals surface area contributed by atoms with Crippen LogP contribution in [0.2, 0.25) is 0 Å². The van der Waals surface area contributed by atoms with E-state index >= 15 is 0 Å². The van der Waals surface area contributed by atoms with Gasteiger partial charge in [-0.05, 0) is 6.92 Å². The van der Waals surface area contributed by atoms with E-state index in [0.717, 1.165) is 0 Å². The number of methoxy groups -OCH3 is 1. The maximum absolute atomic E-state index is 10.8. The molecule has 0 aliphatic rings. The van der Waals surface area contributed by atoms with Gasteiger partial charge in [0.2, 0.25) is 0 Å². The largest absolute Gasteiger partial charge is 0.389 e. The number of hydrogen-bond acceptors (Lipinski definition) is 4. The second-order valence-corrected chi connectivity index (χ2v) is 3.38. The fourth-order valence-corrected chi connectivity index (χ4v) is 1.46. The van der Waals surface area contributed by atoms with Crippen molar-refractivity contribution >= 4 is 6.29 Å². The molecule has 2 atom stereocenters. The SMILES string of the molecule is CO[C@@](N)(c1ccccc1C=O)[C@H](C)O. The van der Waals surface area contributed by atoms with Gasteiger partial charge in [-0.1, -0.05) is 24.3 Å². The molecule has 4 heteroatoms. The highest BCUT2D eigenvalue weighted by Crippen LogP contribution is 2.25. The molecule has 0 amide bonds. The molecule has 82 valence electrons. The summed E-state index contributed by atoms with van der Waals surface area (Å²) < 4.78 is 5.10. The van der Waals surface area contributed by atoms with Gasteiger partial charge in [-0.3, -0.25) is 10.5 Å². The minimum Gasteiger partial charge on any atom is -0.389 e. The van der Waals surface area contributed by atoms with Gasteiger partial charge < -0.3 is 9.84 Å². The first-order valence-electron chi connectivity index (χ1n) is 4.63. The highest BCUT2D eigenvalue weighted by molar-refractivity contribution is 5.77. The van der Waals surface area contributed by atoms with E-state index < -0.39 is 11.8 Å². The minimum absolute atomic E-state index is 0.419. The van der Waals surface area contributed by atoms with Gasteiger partial charge in [-0.2, -0.15) is 0 Å². The van der Waals surface area contributed by atoms with Crippen molar-refractivity contribution in [2.75, 3.05) is 7.11 Å². The molecule has 0 bridgehead atoms. The van der Waals surface area contributed by atoms with Gasteiger partial charge in [0.1, 0.15) is 6.29 Å². The molecule has 1 aromatic rings. The van der Waals surface area contributed by atoms with Crippen LogP contribution in [-0.4, -0.2) is 24.6 Å². The second kappa shape index (κ2) is 4.53. The van der Waals surface area contributed by atoms with E-state index in [9.17, 15) is 9.90 Å². The Morgan fingerprint density at radius 3 is 2.60 bits per heavy atom. The van der Waals surface area contributed by atoms with Crippen molar-refractivity contribution in [3.05, 3.63) is 35.4 Å². The second-order valence-electron chi connectivity index (χ2n) is 3.38. The molecule has 0 fully saturated rings. The summed E-state index contributed by atoms with van der Waals surface area (Å²) in [6.45, 7) is 1.52. The van der Waals surface area contributed by atoms with E-state index in [1.54, 1.807) is 24.3 Å². The summed E-state index contributed by atoms with van der Waals surface area (Å²) >= 11 is 0. The predicted molar refractivity (Wildman–Crippen MR) is 56.4 cm³/mol. The molecule has 1 rings (SSSR count). The van der Waals surface area contributed by atoms with E-state index in [4.69, 9.17) is 10.5 Å². The number of benzene rings is 1. The molecular formula is C11H15NO3. The quantitative estimate of drug-likeness (QED) is 0.563. The third kappa shape index (κ3) is 2.07. The maximum atomic E-state index is 10.8. The zero-order valence-electron chi connectivity index (χ0n) is 8.81. The number of hydrogen-bond donors (Lipinski definition) is 2. The van der Waals surface area contributed by atoms with Gasteiger partial charge in [0.25, 0.3) is 0 Å².